The van der Waals surface area contributed by atoms with Crippen LogP contribution >= 0.6 is 0 Å². The second-order valence-electron chi connectivity index (χ2n) is 4.15. The third-order valence-electron chi connectivity index (χ3n) is 2.47. The molecule has 1 heterocycles. The summed E-state index contributed by atoms with van der Waals surface area (Å²) in [6, 6.07) is 0. The summed E-state index contributed by atoms with van der Waals surface area (Å²) >= 11 is 0. The van der Waals surface area contributed by atoms with E-state index >= 15 is 0 Å². The number of hydrogen-bond donors (Lipinski definition) is 2. The molecular weight excluding hydrogens is 216 g/mol. The molecule has 1 atom stereocenters. The van der Waals surface area contributed by atoms with Crippen molar-refractivity contribution in [3.8, 4) is 0 Å². The Labute approximate surface area is 103 Å². The van der Waals surface area contributed by atoms with E-state index in [1.54, 1.807) is 6.34 Å². The highest BCUT2D eigenvalue weighted by atomic mass is 16.3. The van der Waals surface area contributed by atoms with Crippen molar-refractivity contribution in [2.75, 3.05) is 19.8 Å². The molecule has 1 rings (SSSR count). The maximum Gasteiger partial charge on any atom is 0.124 e. The minimum atomic E-state index is -0.564. The van der Waals surface area contributed by atoms with Crippen molar-refractivity contribution in [2.45, 2.75) is 33.4 Å². The molecule has 0 saturated carbocycles. The molecule has 1 aliphatic heterocycles. The summed E-state index contributed by atoms with van der Waals surface area (Å²) in [6.45, 7) is 7.85. The summed E-state index contributed by atoms with van der Waals surface area (Å²) in [5, 5.41) is 12.5. The smallest absolute Gasteiger partial charge is 0.124 e. The highest BCUT2D eigenvalue weighted by Gasteiger charge is 2.07. The molecule has 0 aromatic carbocycles. The Morgan fingerprint density at radius 3 is 3.06 bits per heavy atom. The van der Waals surface area contributed by atoms with Crippen molar-refractivity contribution in [1.82, 2.24) is 10.2 Å². The Balaban J connectivity index is 2.32. The summed E-state index contributed by atoms with van der Waals surface area (Å²) in [5.74, 6) is 0. The van der Waals surface area contributed by atoms with Crippen molar-refractivity contribution >= 4 is 12.1 Å². The van der Waals surface area contributed by atoms with Crippen molar-refractivity contribution in [3.63, 3.8) is 0 Å². The molecule has 0 radical (unpaired) electrons. The van der Waals surface area contributed by atoms with Crippen LogP contribution in [0.3, 0.4) is 0 Å². The lowest BCUT2D eigenvalue weighted by atomic mass is 10.3. The Morgan fingerprint density at radius 1 is 1.65 bits per heavy atom. The second-order valence-corrected chi connectivity index (χ2v) is 4.15. The minimum absolute atomic E-state index is 0.368. The monoisotopic (exact) mass is 238 g/mol. The van der Waals surface area contributed by atoms with Gasteiger partial charge < -0.3 is 10.0 Å². The van der Waals surface area contributed by atoms with Gasteiger partial charge in [-0.3, -0.25) is 15.3 Å². The standard InChI is InChI=1S/C12H22N4O/c1-4-5-14-12(17)7-13-8-16-9-15-10(2)6-11(16)3/h6,8,12,14,17H,4-5,7,9H2,1-3H3/b13-8-. The SMILES string of the molecule is CCCNC(O)C/N=C\N1CN=C(C)C=C1C. The third-order valence-corrected chi connectivity index (χ3v) is 2.47. The molecular formula is C12H22N4O. The van der Waals surface area contributed by atoms with Gasteiger partial charge in [0, 0.05) is 11.4 Å². The average molecular weight is 238 g/mol. The van der Waals surface area contributed by atoms with E-state index in [2.05, 4.69) is 22.2 Å². The van der Waals surface area contributed by atoms with E-state index in [-0.39, 0.29) is 0 Å². The summed E-state index contributed by atoms with van der Waals surface area (Å²) in [5.41, 5.74) is 2.16. The lowest BCUT2D eigenvalue weighted by Crippen LogP contribution is -2.32. The van der Waals surface area contributed by atoms with Gasteiger partial charge in [-0.05, 0) is 32.9 Å². The highest BCUT2D eigenvalue weighted by molar-refractivity contribution is 5.94. The van der Waals surface area contributed by atoms with Crippen molar-refractivity contribution in [2.24, 2.45) is 9.98 Å². The number of aliphatic imine (C=N–C) groups is 2. The van der Waals surface area contributed by atoms with Gasteiger partial charge in [0.2, 0.25) is 0 Å². The van der Waals surface area contributed by atoms with Crippen molar-refractivity contribution in [3.05, 3.63) is 11.8 Å². The van der Waals surface area contributed by atoms with Crippen LogP contribution in [-0.2, 0) is 0 Å². The van der Waals surface area contributed by atoms with Gasteiger partial charge in [0.25, 0.3) is 0 Å². The zero-order valence-corrected chi connectivity index (χ0v) is 10.8. The first-order valence-corrected chi connectivity index (χ1v) is 6.01. The Hall–Kier alpha value is -1.20. The van der Waals surface area contributed by atoms with E-state index in [1.807, 2.05) is 24.8 Å². The number of hydrogen-bond acceptors (Lipinski definition) is 4. The predicted molar refractivity (Wildman–Crippen MR) is 71.2 cm³/mol. The van der Waals surface area contributed by atoms with Crippen molar-refractivity contribution in [1.29, 1.82) is 0 Å². The minimum Gasteiger partial charge on any atom is -0.377 e. The predicted octanol–water partition coefficient (Wildman–Crippen LogP) is 0.971. The maximum absolute atomic E-state index is 9.53. The van der Waals surface area contributed by atoms with Crippen LogP contribution in [0.1, 0.15) is 27.2 Å². The maximum atomic E-state index is 9.53. The molecule has 0 aromatic rings. The second kappa shape index (κ2) is 7.19. The topological polar surface area (TPSA) is 60.2 Å². The number of allylic oxidation sites excluding steroid dienone is 2. The van der Waals surface area contributed by atoms with Crippen LogP contribution in [0.5, 0.6) is 0 Å². The lowest BCUT2D eigenvalue weighted by molar-refractivity contribution is 0.146. The fraction of sp³-hybridized carbons (Fsp3) is 0.667. The number of nitrogens with one attached hydrogen (secondary N) is 1. The molecule has 1 aliphatic rings. The quantitative estimate of drug-likeness (QED) is 0.412. The molecule has 1 unspecified atom stereocenters. The zero-order valence-electron chi connectivity index (χ0n) is 10.8. The van der Waals surface area contributed by atoms with Crippen LogP contribution in [0.4, 0.5) is 0 Å². The summed E-state index contributed by atoms with van der Waals surface area (Å²) in [7, 11) is 0. The Bertz CT molecular complexity index is 322. The van der Waals surface area contributed by atoms with E-state index in [0.717, 1.165) is 24.4 Å². The molecule has 2 N–H and O–H groups in total. The van der Waals surface area contributed by atoms with Crippen LogP contribution in [0.2, 0.25) is 0 Å². The van der Waals surface area contributed by atoms with Crippen LogP contribution < -0.4 is 5.32 Å². The van der Waals surface area contributed by atoms with Crippen LogP contribution in [-0.4, -0.2) is 48.0 Å². The number of aliphatic hydroxyl groups is 1. The van der Waals surface area contributed by atoms with E-state index in [1.165, 1.54) is 0 Å². The first-order valence-electron chi connectivity index (χ1n) is 6.01. The molecule has 96 valence electrons. The molecule has 0 aliphatic carbocycles. The van der Waals surface area contributed by atoms with Crippen molar-refractivity contribution < 1.29 is 5.11 Å². The fourth-order valence-corrected chi connectivity index (χ4v) is 1.48. The summed E-state index contributed by atoms with van der Waals surface area (Å²) in [6.07, 6.45) is 4.19. The van der Waals surface area contributed by atoms with Gasteiger partial charge in [-0.15, -0.1) is 0 Å². The van der Waals surface area contributed by atoms with Crippen LogP contribution in [0, 0.1) is 0 Å². The summed E-state index contributed by atoms with van der Waals surface area (Å²) in [4.78, 5) is 10.5. The number of aliphatic hydroxyl groups excluding tert-OH is 1. The van der Waals surface area contributed by atoms with Gasteiger partial charge in [0.1, 0.15) is 12.9 Å². The van der Waals surface area contributed by atoms with Crippen LogP contribution in [0.15, 0.2) is 21.8 Å². The molecule has 0 saturated heterocycles. The Morgan fingerprint density at radius 2 is 2.41 bits per heavy atom. The number of rotatable bonds is 6. The summed E-state index contributed by atoms with van der Waals surface area (Å²) < 4.78 is 0. The molecule has 0 spiro atoms. The lowest BCUT2D eigenvalue weighted by Gasteiger charge is -2.22. The Kier molecular flexibility index (Phi) is 5.86. The molecule has 0 bridgehead atoms. The fourth-order valence-electron chi connectivity index (χ4n) is 1.48. The van der Waals surface area contributed by atoms with E-state index < -0.39 is 6.23 Å². The first-order chi connectivity index (χ1) is 8.13. The molecule has 17 heavy (non-hydrogen) atoms. The highest BCUT2D eigenvalue weighted by Crippen LogP contribution is 2.06. The van der Waals surface area contributed by atoms with Gasteiger partial charge >= 0.3 is 0 Å². The van der Waals surface area contributed by atoms with Gasteiger partial charge in [-0.25, -0.2) is 0 Å². The van der Waals surface area contributed by atoms with E-state index in [0.29, 0.717) is 13.2 Å². The third kappa shape index (κ3) is 5.10. The van der Waals surface area contributed by atoms with E-state index in [9.17, 15) is 5.11 Å². The van der Waals surface area contributed by atoms with Gasteiger partial charge in [0.05, 0.1) is 12.9 Å². The largest absolute Gasteiger partial charge is 0.377 e. The zero-order chi connectivity index (χ0) is 12.7. The van der Waals surface area contributed by atoms with E-state index in [4.69, 9.17) is 0 Å². The van der Waals surface area contributed by atoms with Crippen LogP contribution in [0.25, 0.3) is 0 Å². The number of nitrogens with zero attached hydrogens (tertiary/aromatic N) is 3. The van der Waals surface area contributed by atoms with Gasteiger partial charge in [-0.2, -0.15) is 0 Å². The molecule has 0 amide bonds. The van der Waals surface area contributed by atoms with Gasteiger partial charge in [0.15, 0.2) is 0 Å². The molecule has 5 nitrogen and oxygen atoms in total. The molecule has 5 heteroatoms. The normalized spacial score (nSPS) is 18.2. The molecule has 0 fully saturated rings. The average Bonchev–Trinajstić information content (AvgIpc) is 2.29. The molecule has 0 aromatic heterocycles. The first kappa shape index (κ1) is 13.9. The van der Waals surface area contributed by atoms with Gasteiger partial charge in [-0.1, -0.05) is 6.92 Å².